The van der Waals surface area contributed by atoms with E-state index in [-0.39, 0.29) is 10.0 Å². The Balaban J connectivity index is 2.40. The summed E-state index contributed by atoms with van der Waals surface area (Å²) in [6.45, 7) is 11.5. The third-order valence-electron chi connectivity index (χ3n) is 8.58. The minimum absolute atomic E-state index is 0.257. The van der Waals surface area contributed by atoms with E-state index in [0.29, 0.717) is 16.2 Å². The molecule has 0 amide bonds. The maximum absolute atomic E-state index is 14.3. The molecule has 2 unspecified atom stereocenters. The van der Waals surface area contributed by atoms with Gasteiger partial charge in [0.25, 0.3) is 0 Å². The first-order valence-electron chi connectivity index (χ1n) is 15.2. The molecule has 0 aromatic heterocycles. The van der Waals surface area contributed by atoms with E-state index < -0.39 is 26.5 Å². The molecule has 0 spiro atoms. The number of carbonyl (C=O) groups excluding carboxylic acids is 1. The summed E-state index contributed by atoms with van der Waals surface area (Å²) in [5.74, 6) is 0.271. The molecule has 0 aliphatic rings. The first-order chi connectivity index (χ1) is 18.8. The molecule has 39 heavy (non-hydrogen) atoms. The second-order valence-corrected chi connectivity index (χ2v) is 30.8. The molecule has 2 aromatic rings. The van der Waals surface area contributed by atoms with E-state index in [9.17, 15) is 4.79 Å². The number of thiocarbonyl (C=S) groups is 1. The number of thioether (sulfide) groups is 1. The predicted molar refractivity (Wildman–Crippen MR) is 183 cm³/mol. The number of benzene rings is 2. The van der Waals surface area contributed by atoms with Crippen LogP contribution in [0.15, 0.2) is 60.7 Å². The minimum atomic E-state index is -2.74. The Bertz CT molecular complexity index is 924. The summed E-state index contributed by atoms with van der Waals surface area (Å²) < 4.78 is 11.8. The fraction of sp³-hybridized carbons (Fsp3) is 0.576. The molecule has 0 heterocycles. The van der Waals surface area contributed by atoms with Gasteiger partial charge in [0.1, 0.15) is 0 Å². The van der Waals surface area contributed by atoms with Crippen LogP contribution in [-0.4, -0.2) is 46.6 Å². The number of rotatable bonds is 18. The normalized spacial score (nSPS) is 13.6. The first kappa shape index (κ1) is 34.6. The van der Waals surface area contributed by atoms with Crippen LogP contribution in [0.1, 0.15) is 79.1 Å². The van der Waals surface area contributed by atoms with E-state index in [2.05, 4.69) is 82.8 Å². The van der Waals surface area contributed by atoms with E-state index in [1.165, 1.54) is 62.2 Å². The van der Waals surface area contributed by atoms with Crippen LogP contribution in [0.2, 0.25) is 19.9 Å². The SMILES string of the molecule is CCC[CH2][Sn]([CH2]CCC)([CH2]CCC)[CH](CC(C)CC(=O)[Si](C)(c1ccccc1)c1ccccc1)OC(=S)SC. The van der Waals surface area contributed by atoms with Gasteiger partial charge in [0.2, 0.25) is 0 Å². The van der Waals surface area contributed by atoms with Crippen molar-refractivity contribution in [2.45, 2.75) is 103 Å². The third-order valence-corrected chi connectivity index (χ3v) is 30.4. The molecule has 2 atom stereocenters. The zero-order valence-corrected chi connectivity index (χ0v) is 30.8. The molecule has 2 rings (SSSR count). The van der Waals surface area contributed by atoms with Gasteiger partial charge in [-0.2, -0.15) is 0 Å². The van der Waals surface area contributed by atoms with Crippen molar-refractivity contribution >= 4 is 70.6 Å². The quantitative estimate of drug-likeness (QED) is 0.115. The second-order valence-electron chi connectivity index (χ2n) is 11.6. The van der Waals surface area contributed by atoms with Crippen molar-refractivity contribution in [3.05, 3.63) is 60.7 Å². The molecule has 0 N–H and O–H groups in total. The molecule has 2 aromatic carbocycles. The van der Waals surface area contributed by atoms with Crippen molar-refractivity contribution in [1.29, 1.82) is 0 Å². The Morgan fingerprint density at radius 2 is 1.31 bits per heavy atom. The van der Waals surface area contributed by atoms with Crippen molar-refractivity contribution in [2.75, 3.05) is 6.26 Å². The average Bonchev–Trinajstić information content (AvgIpc) is 2.96. The third kappa shape index (κ3) is 10.00. The average molecular weight is 692 g/mol. The van der Waals surface area contributed by atoms with E-state index in [1.54, 1.807) is 11.8 Å². The molecular weight excluding hydrogens is 639 g/mol. The molecule has 0 aliphatic carbocycles. The summed E-state index contributed by atoms with van der Waals surface area (Å²) in [6, 6.07) is 21.0. The Kier molecular flexibility index (Phi) is 16.0. The number of hydrogen-bond donors (Lipinski definition) is 0. The van der Waals surface area contributed by atoms with Gasteiger partial charge < -0.3 is 0 Å². The van der Waals surface area contributed by atoms with Gasteiger partial charge in [-0.3, -0.25) is 0 Å². The fourth-order valence-corrected chi connectivity index (χ4v) is 27.9. The van der Waals surface area contributed by atoms with Crippen LogP contribution in [0.5, 0.6) is 0 Å². The Morgan fingerprint density at radius 1 is 0.872 bits per heavy atom. The molecule has 216 valence electrons. The summed E-state index contributed by atoms with van der Waals surface area (Å²) >= 11 is 4.50. The van der Waals surface area contributed by atoms with Gasteiger partial charge in [-0.05, 0) is 0 Å². The molecule has 6 heteroatoms. The zero-order valence-electron chi connectivity index (χ0n) is 25.3. The van der Waals surface area contributed by atoms with Gasteiger partial charge in [-0.1, -0.05) is 0 Å². The standard InChI is InChI=1S/C21H25O2S2Si.3C4H9.Sn/c1-17(14-15-23-21(24)25-2)16-20(22)26(3,18-10-6-4-7-11-18)19-12-8-5-9-13-19;3*1-3-4-2;/h4-13,15,17H,14,16H2,1-3H3;3*1,3-4H2,2H3;. The summed E-state index contributed by atoms with van der Waals surface area (Å²) in [4.78, 5) is 14.3. The molecule has 0 fully saturated rings. The van der Waals surface area contributed by atoms with Crippen LogP contribution >= 0.6 is 24.0 Å². The summed E-state index contributed by atoms with van der Waals surface area (Å²) in [6.07, 6.45) is 11.2. The van der Waals surface area contributed by atoms with Crippen LogP contribution in [0.3, 0.4) is 0 Å². The Morgan fingerprint density at radius 3 is 1.69 bits per heavy atom. The van der Waals surface area contributed by atoms with Crippen molar-refractivity contribution < 1.29 is 9.53 Å². The number of unbranched alkanes of at least 4 members (excludes halogenated alkanes) is 3. The maximum atomic E-state index is 14.3. The predicted octanol–water partition coefficient (Wildman–Crippen LogP) is 8.83. The molecule has 0 aliphatic heterocycles. The molecule has 0 saturated heterocycles. The van der Waals surface area contributed by atoms with Gasteiger partial charge in [0, 0.05) is 0 Å². The first-order valence-corrected chi connectivity index (χ1v) is 27.0. The van der Waals surface area contributed by atoms with E-state index in [4.69, 9.17) is 17.0 Å². The topological polar surface area (TPSA) is 26.3 Å². The Hall–Kier alpha value is -0.634. The van der Waals surface area contributed by atoms with Gasteiger partial charge in [0.15, 0.2) is 0 Å². The number of ether oxygens (including phenoxy) is 1. The number of carbonyl (C=O) groups is 1. The van der Waals surface area contributed by atoms with Crippen LogP contribution in [0, 0.1) is 5.92 Å². The second kappa shape index (κ2) is 18.0. The van der Waals surface area contributed by atoms with Gasteiger partial charge in [-0.15, -0.1) is 0 Å². The molecule has 0 saturated carbocycles. The summed E-state index contributed by atoms with van der Waals surface area (Å²) in [5.41, 5.74) is 0. The molecule has 2 nitrogen and oxygen atoms in total. The van der Waals surface area contributed by atoms with E-state index >= 15 is 0 Å². The summed E-state index contributed by atoms with van der Waals surface area (Å²) in [7, 11) is -2.56. The zero-order chi connectivity index (χ0) is 28.7. The fourth-order valence-electron chi connectivity index (χ4n) is 6.03. The van der Waals surface area contributed by atoms with Crippen LogP contribution in [0.4, 0.5) is 0 Å². The van der Waals surface area contributed by atoms with Crippen molar-refractivity contribution in [1.82, 2.24) is 0 Å². The van der Waals surface area contributed by atoms with Crippen LogP contribution in [-0.2, 0) is 9.53 Å². The molecule has 0 radical (unpaired) electrons. The van der Waals surface area contributed by atoms with E-state index in [1.807, 2.05) is 18.4 Å². The van der Waals surface area contributed by atoms with Gasteiger partial charge >= 0.3 is 256 Å². The van der Waals surface area contributed by atoms with Crippen LogP contribution < -0.4 is 10.4 Å². The van der Waals surface area contributed by atoms with Crippen LogP contribution in [0.25, 0.3) is 0 Å². The van der Waals surface area contributed by atoms with Gasteiger partial charge in [-0.25, -0.2) is 0 Å². The van der Waals surface area contributed by atoms with Gasteiger partial charge in [0.05, 0.1) is 0 Å². The van der Waals surface area contributed by atoms with E-state index in [0.717, 1.165) is 6.42 Å². The summed E-state index contributed by atoms with van der Waals surface area (Å²) in [5, 5.41) is 2.83. The Labute approximate surface area is 254 Å². The number of hydrogen-bond acceptors (Lipinski definition) is 4. The van der Waals surface area contributed by atoms with Crippen molar-refractivity contribution in [3.63, 3.8) is 0 Å². The monoisotopic (exact) mass is 692 g/mol. The van der Waals surface area contributed by atoms with Crippen molar-refractivity contribution in [3.8, 4) is 0 Å². The van der Waals surface area contributed by atoms with Crippen molar-refractivity contribution in [2.24, 2.45) is 5.92 Å². The molecular formula is C33H52O2S2SiSn. The molecule has 0 bridgehead atoms.